The van der Waals surface area contributed by atoms with Crippen molar-refractivity contribution < 1.29 is 5.11 Å². The first kappa shape index (κ1) is 11.1. The lowest BCUT2D eigenvalue weighted by Gasteiger charge is -2.05. The van der Waals surface area contributed by atoms with Crippen molar-refractivity contribution in [3.63, 3.8) is 0 Å². The molecule has 0 spiro atoms. The van der Waals surface area contributed by atoms with Crippen LogP contribution < -0.4 is 0 Å². The van der Waals surface area contributed by atoms with E-state index in [0.717, 1.165) is 10.4 Å². The lowest BCUT2D eigenvalue weighted by molar-refractivity contribution is 0.295. The molecular formula is C11H17BrN2O. The van der Waals surface area contributed by atoms with Crippen LogP contribution in [0.15, 0.2) is 4.60 Å². The molecule has 0 atom stereocenters. The third-order valence-corrected chi connectivity index (χ3v) is 4.16. The monoisotopic (exact) mass is 272 g/mol. The van der Waals surface area contributed by atoms with Gasteiger partial charge < -0.3 is 9.67 Å². The molecule has 1 aromatic heterocycles. The molecule has 84 valence electrons. The number of nitrogens with zero attached hydrogens (tertiary/aromatic N) is 2. The fourth-order valence-corrected chi connectivity index (χ4v) is 2.94. The van der Waals surface area contributed by atoms with E-state index in [1.54, 1.807) is 0 Å². The Morgan fingerprint density at radius 1 is 1.47 bits per heavy atom. The molecule has 0 amide bonds. The minimum Gasteiger partial charge on any atom is -0.396 e. The van der Waals surface area contributed by atoms with Crippen LogP contribution in [0.2, 0.25) is 0 Å². The standard InChI is InChI=1S/C11H17BrN2O/c1-14-9(6-7-15)13-10(11(14)12)8-4-2-3-5-8/h8,15H,2-7H2,1H3. The van der Waals surface area contributed by atoms with Gasteiger partial charge in [0, 0.05) is 19.4 Å². The van der Waals surface area contributed by atoms with Crippen LogP contribution in [-0.2, 0) is 13.5 Å². The number of aliphatic hydroxyl groups excluding tert-OH is 1. The van der Waals surface area contributed by atoms with Crippen molar-refractivity contribution in [2.45, 2.75) is 38.0 Å². The summed E-state index contributed by atoms with van der Waals surface area (Å²) in [5.74, 6) is 1.60. The molecular weight excluding hydrogens is 256 g/mol. The summed E-state index contributed by atoms with van der Waals surface area (Å²) in [6.07, 6.45) is 5.80. The molecule has 1 aliphatic carbocycles. The molecule has 0 radical (unpaired) electrons. The first-order valence-corrected chi connectivity index (χ1v) is 6.35. The number of rotatable bonds is 3. The van der Waals surface area contributed by atoms with Crippen LogP contribution in [-0.4, -0.2) is 21.3 Å². The van der Waals surface area contributed by atoms with Gasteiger partial charge in [-0.1, -0.05) is 12.8 Å². The predicted octanol–water partition coefficient (Wildman–Crippen LogP) is 2.38. The van der Waals surface area contributed by atoms with Gasteiger partial charge in [0.15, 0.2) is 0 Å². The second-order valence-electron chi connectivity index (χ2n) is 4.22. The molecule has 1 aromatic rings. The van der Waals surface area contributed by atoms with Gasteiger partial charge in [-0.25, -0.2) is 4.98 Å². The van der Waals surface area contributed by atoms with Crippen molar-refractivity contribution in [3.8, 4) is 0 Å². The van der Waals surface area contributed by atoms with Gasteiger partial charge in [-0.05, 0) is 28.8 Å². The molecule has 0 bridgehead atoms. The van der Waals surface area contributed by atoms with E-state index >= 15 is 0 Å². The third kappa shape index (κ3) is 2.11. The van der Waals surface area contributed by atoms with E-state index in [4.69, 9.17) is 5.11 Å². The van der Waals surface area contributed by atoms with E-state index in [2.05, 4.69) is 20.9 Å². The Bertz CT molecular complexity index is 343. The van der Waals surface area contributed by atoms with Crippen molar-refractivity contribution in [3.05, 3.63) is 16.1 Å². The van der Waals surface area contributed by atoms with Crippen LogP contribution in [0.5, 0.6) is 0 Å². The lowest BCUT2D eigenvalue weighted by Crippen LogP contribution is -2.00. The Morgan fingerprint density at radius 3 is 2.73 bits per heavy atom. The van der Waals surface area contributed by atoms with Gasteiger partial charge in [0.25, 0.3) is 0 Å². The van der Waals surface area contributed by atoms with Crippen LogP contribution in [0.25, 0.3) is 0 Å². The molecule has 1 N–H and O–H groups in total. The zero-order valence-corrected chi connectivity index (χ0v) is 10.6. The van der Waals surface area contributed by atoms with Crippen molar-refractivity contribution in [1.82, 2.24) is 9.55 Å². The van der Waals surface area contributed by atoms with E-state index in [1.807, 2.05) is 11.6 Å². The zero-order valence-electron chi connectivity index (χ0n) is 9.04. The molecule has 15 heavy (non-hydrogen) atoms. The van der Waals surface area contributed by atoms with Gasteiger partial charge in [-0.3, -0.25) is 0 Å². The quantitative estimate of drug-likeness (QED) is 0.918. The van der Waals surface area contributed by atoms with Gasteiger partial charge in [-0.2, -0.15) is 0 Å². The Morgan fingerprint density at radius 2 is 2.13 bits per heavy atom. The largest absolute Gasteiger partial charge is 0.396 e. The number of halogens is 1. The summed E-state index contributed by atoms with van der Waals surface area (Å²) in [5, 5.41) is 8.94. The summed E-state index contributed by atoms with van der Waals surface area (Å²) in [6.45, 7) is 0.168. The highest BCUT2D eigenvalue weighted by Gasteiger charge is 2.24. The normalized spacial score (nSPS) is 17.5. The second-order valence-corrected chi connectivity index (χ2v) is 4.97. The fraction of sp³-hybridized carbons (Fsp3) is 0.727. The molecule has 1 fully saturated rings. The number of hydrogen-bond donors (Lipinski definition) is 1. The average Bonchev–Trinajstić information content (AvgIpc) is 2.82. The first-order valence-electron chi connectivity index (χ1n) is 5.56. The van der Waals surface area contributed by atoms with Gasteiger partial charge >= 0.3 is 0 Å². The van der Waals surface area contributed by atoms with Crippen LogP contribution in [0.1, 0.15) is 43.1 Å². The molecule has 0 aliphatic heterocycles. The summed E-state index contributed by atoms with van der Waals surface area (Å²) in [6, 6.07) is 0. The van der Waals surface area contributed by atoms with E-state index in [0.29, 0.717) is 12.3 Å². The van der Waals surface area contributed by atoms with Crippen LogP contribution in [0.3, 0.4) is 0 Å². The van der Waals surface area contributed by atoms with Crippen LogP contribution in [0, 0.1) is 0 Å². The number of aliphatic hydroxyl groups is 1. The fourth-order valence-electron chi connectivity index (χ4n) is 2.33. The van der Waals surface area contributed by atoms with E-state index in [1.165, 1.54) is 31.4 Å². The SMILES string of the molecule is Cn1c(CCO)nc(C2CCCC2)c1Br. The predicted molar refractivity (Wildman–Crippen MR) is 62.9 cm³/mol. The summed E-state index contributed by atoms with van der Waals surface area (Å²) in [5.41, 5.74) is 1.19. The molecule has 4 heteroatoms. The van der Waals surface area contributed by atoms with Crippen LogP contribution >= 0.6 is 15.9 Å². The van der Waals surface area contributed by atoms with Gasteiger partial charge in [0.2, 0.25) is 0 Å². The Balaban J connectivity index is 2.27. The Kier molecular flexibility index (Phi) is 3.46. The van der Waals surface area contributed by atoms with Crippen LogP contribution in [0.4, 0.5) is 0 Å². The molecule has 0 saturated heterocycles. The van der Waals surface area contributed by atoms with Gasteiger partial charge in [0.05, 0.1) is 12.3 Å². The second kappa shape index (κ2) is 4.66. The van der Waals surface area contributed by atoms with E-state index < -0.39 is 0 Å². The van der Waals surface area contributed by atoms with E-state index in [-0.39, 0.29) is 6.61 Å². The topological polar surface area (TPSA) is 38.0 Å². The zero-order chi connectivity index (χ0) is 10.8. The molecule has 3 nitrogen and oxygen atoms in total. The highest BCUT2D eigenvalue weighted by atomic mass is 79.9. The molecule has 0 unspecified atom stereocenters. The van der Waals surface area contributed by atoms with E-state index in [9.17, 15) is 0 Å². The number of hydrogen-bond acceptors (Lipinski definition) is 2. The van der Waals surface area contributed by atoms with Crippen molar-refractivity contribution in [2.75, 3.05) is 6.61 Å². The van der Waals surface area contributed by atoms with Crippen molar-refractivity contribution in [2.24, 2.45) is 7.05 Å². The third-order valence-electron chi connectivity index (χ3n) is 3.22. The minimum atomic E-state index is 0.168. The highest BCUT2D eigenvalue weighted by Crippen LogP contribution is 2.37. The van der Waals surface area contributed by atoms with Gasteiger partial charge in [0.1, 0.15) is 10.4 Å². The van der Waals surface area contributed by atoms with Crippen molar-refractivity contribution in [1.29, 1.82) is 0 Å². The maximum atomic E-state index is 8.94. The average molecular weight is 273 g/mol. The molecule has 1 aliphatic rings. The van der Waals surface area contributed by atoms with Crippen molar-refractivity contribution >= 4 is 15.9 Å². The Hall–Kier alpha value is -0.350. The summed E-state index contributed by atoms with van der Waals surface area (Å²) in [4.78, 5) is 4.64. The number of aromatic nitrogens is 2. The summed E-state index contributed by atoms with van der Waals surface area (Å²) in [7, 11) is 2.00. The lowest BCUT2D eigenvalue weighted by atomic mass is 10.1. The summed E-state index contributed by atoms with van der Waals surface area (Å²) < 4.78 is 3.14. The molecule has 0 aromatic carbocycles. The van der Waals surface area contributed by atoms with Gasteiger partial charge in [-0.15, -0.1) is 0 Å². The Labute approximate surface area is 98.6 Å². The molecule has 1 heterocycles. The number of imidazole rings is 1. The first-order chi connectivity index (χ1) is 7.24. The smallest absolute Gasteiger partial charge is 0.111 e. The highest BCUT2D eigenvalue weighted by molar-refractivity contribution is 9.10. The maximum absolute atomic E-state index is 8.94. The summed E-state index contributed by atoms with van der Waals surface area (Å²) >= 11 is 3.60. The molecule has 2 rings (SSSR count). The maximum Gasteiger partial charge on any atom is 0.111 e. The molecule has 1 saturated carbocycles. The minimum absolute atomic E-state index is 0.168.